The summed E-state index contributed by atoms with van der Waals surface area (Å²) in [4.78, 5) is 20.9. The zero-order valence-electron chi connectivity index (χ0n) is 15.7. The predicted octanol–water partition coefficient (Wildman–Crippen LogP) is 3.73. The van der Waals surface area contributed by atoms with Crippen LogP contribution in [0.15, 0.2) is 42.6 Å². The molecule has 0 bridgehead atoms. The Bertz CT molecular complexity index is 762. The van der Waals surface area contributed by atoms with Gasteiger partial charge < -0.3 is 4.90 Å². The molecule has 1 saturated heterocycles. The van der Waals surface area contributed by atoms with Crippen molar-refractivity contribution in [2.75, 3.05) is 19.6 Å². The molecule has 1 amide bonds. The van der Waals surface area contributed by atoms with Gasteiger partial charge in [0.05, 0.1) is 6.20 Å². The summed E-state index contributed by atoms with van der Waals surface area (Å²) in [6.07, 6.45) is 1.92. The van der Waals surface area contributed by atoms with Crippen molar-refractivity contribution in [1.82, 2.24) is 14.8 Å². The lowest BCUT2D eigenvalue weighted by atomic mass is 10.0. The van der Waals surface area contributed by atoms with Gasteiger partial charge >= 0.3 is 0 Å². The van der Waals surface area contributed by atoms with Crippen LogP contribution in [0.5, 0.6) is 0 Å². The molecule has 0 N–H and O–H groups in total. The van der Waals surface area contributed by atoms with E-state index in [0.717, 1.165) is 31.3 Å². The molecule has 144 valence electrons. The highest BCUT2D eigenvalue weighted by atomic mass is 19.1. The van der Waals surface area contributed by atoms with Gasteiger partial charge in [0.2, 0.25) is 0 Å². The number of pyridine rings is 1. The van der Waals surface area contributed by atoms with E-state index in [1.165, 1.54) is 24.3 Å². The second kappa shape index (κ2) is 8.57. The molecule has 1 aromatic heterocycles. The summed E-state index contributed by atoms with van der Waals surface area (Å²) in [5.41, 5.74) is 1.33. The minimum absolute atomic E-state index is 0.163. The Morgan fingerprint density at radius 3 is 2.44 bits per heavy atom. The third kappa shape index (κ3) is 4.89. The Kier molecular flexibility index (Phi) is 6.16. The van der Waals surface area contributed by atoms with Crippen molar-refractivity contribution in [2.24, 2.45) is 5.92 Å². The Labute approximate surface area is 158 Å². The molecular formula is C21H25F2N3O. The molecule has 4 nitrogen and oxygen atoms in total. The van der Waals surface area contributed by atoms with Gasteiger partial charge in [-0.25, -0.2) is 13.8 Å². The largest absolute Gasteiger partial charge is 0.336 e. The van der Waals surface area contributed by atoms with Crippen LogP contribution in [0.3, 0.4) is 0 Å². The first kappa shape index (κ1) is 19.4. The number of carbonyl (C=O) groups excluding carboxylic acids is 1. The van der Waals surface area contributed by atoms with Crippen LogP contribution in [0.4, 0.5) is 8.78 Å². The fourth-order valence-electron chi connectivity index (χ4n) is 3.56. The zero-order chi connectivity index (χ0) is 19.4. The number of benzene rings is 1. The number of amides is 1. The van der Waals surface area contributed by atoms with E-state index >= 15 is 0 Å². The van der Waals surface area contributed by atoms with Crippen molar-refractivity contribution in [2.45, 2.75) is 32.9 Å². The highest BCUT2D eigenvalue weighted by Crippen LogP contribution is 2.21. The maximum absolute atomic E-state index is 13.2. The first-order valence-corrected chi connectivity index (χ1v) is 9.33. The maximum Gasteiger partial charge on any atom is 0.272 e. The third-order valence-corrected chi connectivity index (χ3v) is 5.05. The van der Waals surface area contributed by atoms with Gasteiger partial charge in [-0.2, -0.15) is 0 Å². The van der Waals surface area contributed by atoms with Gasteiger partial charge in [0, 0.05) is 32.2 Å². The standard InChI is InChI=1S/C21H25F2N3O/c1-15(2)20-14-26(21(27)19-9-8-18(23)12-24-19)11-3-10-25(20)13-16-4-6-17(22)7-5-16/h4-9,12,15,20H,3,10-11,13-14H2,1-2H3/t20-/m0/s1. The van der Waals surface area contributed by atoms with Crippen molar-refractivity contribution >= 4 is 5.91 Å². The Morgan fingerprint density at radius 2 is 1.81 bits per heavy atom. The smallest absolute Gasteiger partial charge is 0.272 e. The summed E-state index contributed by atoms with van der Waals surface area (Å²) in [5.74, 6) is -0.504. The van der Waals surface area contributed by atoms with Gasteiger partial charge in [-0.3, -0.25) is 9.69 Å². The maximum atomic E-state index is 13.2. The molecular weight excluding hydrogens is 348 g/mol. The summed E-state index contributed by atoms with van der Waals surface area (Å²) in [7, 11) is 0. The van der Waals surface area contributed by atoms with Crippen LogP contribution in [-0.2, 0) is 6.54 Å². The van der Waals surface area contributed by atoms with E-state index in [2.05, 4.69) is 23.7 Å². The fourth-order valence-corrected chi connectivity index (χ4v) is 3.56. The van der Waals surface area contributed by atoms with Crippen LogP contribution in [0.1, 0.15) is 36.3 Å². The summed E-state index contributed by atoms with van der Waals surface area (Å²) >= 11 is 0. The van der Waals surface area contributed by atoms with Gasteiger partial charge in [0.1, 0.15) is 17.3 Å². The third-order valence-electron chi connectivity index (χ3n) is 5.05. The van der Waals surface area contributed by atoms with E-state index < -0.39 is 5.82 Å². The normalized spacial score (nSPS) is 18.6. The van der Waals surface area contributed by atoms with Gasteiger partial charge in [-0.1, -0.05) is 26.0 Å². The number of aromatic nitrogens is 1. The van der Waals surface area contributed by atoms with Gasteiger partial charge in [-0.15, -0.1) is 0 Å². The molecule has 0 spiro atoms. The van der Waals surface area contributed by atoms with Crippen molar-refractivity contribution in [3.8, 4) is 0 Å². The monoisotopic (exact) mass is 373 g/mol. The number of hydrogen-bond acceptors (Lipinski definition) is 3. The SMILES string of the molecule is CC(C)[C@@H]1CN(C(=O)c2ccc(F)cn2)CCCN1Cc1ccc(F)cc1. The van der Waals surface area contributed by atoms with Crippen molar-refractivity contribution < 1.29 is 13.6 Å². The zero-order valence-corrected chi connectivity index (χ0v) is 15.7. The molecule has 1 atom stereocenters. The van der Waals surface area contributed by atoms with Crippen molar-refractivity contribution in [3.63, 3.8) is 0 Å². The summed E-state index contributed by atoms with van der Waals surface area (Å²) in [6.45, 7) is 7.11. The molecule has 0 aliphatic carbocycles. The highest BCUT2D eigenvalue weighted by molar-refractivity contribution is 5.92. The van der Waals surface area contributed by atoms with Crippen LogP contribution in [-0.4, -0.2) is 46.4 Å². The molecule has 27 heavy (non-hydrogen) atoms. The van der Waals surface area contributed by atoms with Crippen molar-refractivity contribution in [3.05, 3.63) is 65.5 Å². The molecule has 0 radical (unpaired) electrons. The second-order valence-electron chi connectivity index (χ2n) is 7.37. The highest BCUT2D eigenvalue weighted by Gasteiger charge is 2.30. The lowest BCUT2D eigenvalue weighted by Crippen LogP contribution is -2.45. The number of nitrogens with zero attached hydrogens (tertiary/aromatic N) is 3. The summed E-state index contributed by atoms with van der Waals surface area (Å²) < 4.78 is 26.3. The molecule has 3 rings (SSSR count). The van der Waals surface area contributed by atoms with Crippen LogP contribution in [0.25, 0.3) is 0 Å². The van der Waals surface area contributed by atoms with E-state index in [1.807, 2.05) is 17.0 Å². The molecule has 1 fully saturated rings. The van der Waals surface area contributed by atoms with E-state index in [-0.39, 0.29) is 23.5 Å². The van der Waals surface area contributed by atoms with E-state index in [0.29, 0.717) is 19.0 Å². The molecule has 6 heteroatoms. The van der Waals surface area contributed by atoms with Crippen molar-refractivity contribution in [1.29, 1.82) is 0 Å². The first-order valence-electron chi connectivity index (χ1n) is 9.33. The number of hydrogen-bond donors (Lipinski definition) is 0. The molecule has 1 aliphatic rings. The van der Waals surface area contributed by atoms with Crippen LogP contribution in [0, 0.1) is 17.6 Å². The first-order chi connectivity index (χ1) is 12.9. The Balaban J connectivity index is 1.75. The minimum Gasteiger partial charge on any atom is -0.336 e. The number of rotatable bonds is 4. The van der Waals surface area contributed by atoms with Gasteiger partial charge in [-0.05, 0) is 42.2 Å². The van der Waals surface area contributed by atoms with Gasteiger partial charge in [0.25, 0.3) is 5.91 Å². The van der Waals surface area contributed by atoms with Crippen LogP contribution < -0.4 is 0 Å². The quantitative estimate of drug-likeness (QED) is 0.819. The van der Waals surface area contributed by atoms with E-state index in [4.69, 9.17) is 0 Å². The van der Waals surface area contributed by atoms with Crippen LogP contribution in [0.2, 0.25) is 0 Å². The molecule has 0 unspecified atom stereocenters. The second-order valence-corrected chi connectivity index (χ2v) is 7.37. The lowest BCUT2D eigenvalue weighted by molar-refractivity contribution is 0.0696. The number of halogens is 2. The molecule has 0 saturated carbocycles. The molecule has 2 heterocycles. The summed E-state index contributed by atoms with van der Waals surface area (Å²) in [6, 6.07) is 9.46. The van der Waals surface area contributed by atoms with E-state index in [1.54, 1.807) is 0 Å². The van der Waals surface area contributed by atoms with E-state index in [9.17, 15) is 13.6 Å². The lowest BCUT2D eigenvalue weighted by Gasteiger charge is -2.34. The van der Waals surface area contributed by atoms with Crippen LogP contribution >= 0.6 is 0 Å². The topological polar surface area (TPSA) is 36.4 Å². The summed E-state index contributed by atoms with van der Waals surface area (Å²) in [5, 5.41) is 0. The average Bonchev–Trinajstić information content (AvgIpc) is 2.86. The van der Waals surface area contributed by atoms with Gasteiger partial charge in [0.15, 0.2) is 0 Å². The molecule has 2 aromatic rings. The Morgan fingerprint density at radius 1 is 1.11 bits per heavy atom. The molecule has 1 aromatic carbocycles. The fraction of sp³-hybridized carbons (Fsp3) is 0.429. The minimum atomic E-state index is -0.451. The Hall–Kier alpha value is -2.34. The molecule has 1 aliphatic heterocycles. The average molecular weight is 373 g/mol. The number of carbonyl (C=O) groups is 1. The predicted molar refractivity (Wildman–Crippen MR) is 100 cm³/mol.